The minimum absolute atomic E-state index is 0.217. The second kappa shape index (κ2) is 6.95. The highest BCUT2D eigenvalue weighted by Gasteiger charge is 2.19. The number of hydrogen-bond acceptors (Lipinski definition) is 2. The van der Waals surface area contributed by atoms with Crippen LogP contribution in [-0.2, 0) is 0 Å². The molecule has 0 aliphatic carbocycles. The maximum Gasteiger partial charge on any atom is 0.128 e. The first-order valence-corrected chi connectivity index (χ1v) is 7.53. The van der Waals surface area contributed by atoms with Gasteiger partial charge in [-0.25, -0.2) is 4.39 Å². The lowest BCUT2D eigenvalue weighted by atomic mass is 10.0. The smallest absolute Gasteiger partial charge is 0.128 e. The van der Waals surface area contributed by atoms with Gasteiger partial charge in [0, 0.05) is 15.7 Å². The first kappa shape index (κ1) is 15.1. The van der Waals surface area contributed by atoms with Crippen LogP contribution in [0.25, 0.3) is 0 Å². The van der Waals surface area contributed by atoms with Crippen molar-refractivity contribution in [1.29, 1.82) is 0 Å². The number of aryl methyl sites for hydroxylation is 1. The number of aromatic nitrogens is 1. The van der Waals surface area contributed by atoms with Gasteiger partial charge in [-0.1, -0.05) is 28.9 Å². The lowest BCUT2D eigenvalue weighted by Crippen LogP contribution is -2.25. The summed E-state index contributed by atoms with van der Waals surface area (Å²) < 4.78 is 15.0. The SMILES string of the molecule is CCCNC(c1cccc(C)n1)c1cc(Br)ccc1F. The predicted octanol–water partition coefficient (Wildman–Crippen LogP) is 4.38. The monoisotopic (exact) mass is 336 g/mol. The van der Waals surface area contributed by atoms with Crippen LogP contribution < -0.4 is 5.32 Å². The molecule has 2 aromatic rings. The molecule has 0 amide bonds. The van der Waals surface area contributed by atoms with Gasteiger partial charge in [-0.3, -0.25) is 4.98 Å². The Morgan fingerprint density at radius 3 is 2.80 bits per heavy atom. The molecule has 106 valence electrons. The maximum atomic E-state index is 14.1. The van der Waals surface area contributed by atoms with Crippen molar-refractivity contribution in [2.45, 2.75) is 26.3 Å². The van der Waals surface area contributed by atoms with Crippen LogP contribution in [0.3, 0.4) is 0 Å². The lowest BCUT2D eigenvalue weighted by Gasteiger charge is -2.20. The molecule has 20 heavy (non-hydrogen) atoms. The Morgan fingerprint density at radius 2 is 2.10 bits per heavy atom. The number of nitrogens with zero attached hydrogens (tertiary/aromatic N) is 1. The summed E-state index contributed by atoms with van der Waals surface area (Å²) in [5, 5.41) is 3.37. The third-order valence-corrected chi connectivity index (χ3v) is 3.57. The fourth-order valence-electron chi connectivity index (χ4n) is 2.12. The fraction of sp³-hybridized carbons (Fsp3) is 0.312. The molecule has 0 saturated heterocycles. The van der Waals surface area contributed by atoms with E-state index in [0.29, 0.717) is 5.56 Å². The van der Waals surface area contributed by atoms with Crippen molar-refractivity contribution >= 4 is 15.9 Å². The molecule has 1 heterocycles. The number of benzene rings is 1. The van der Waals surface area contributed by atoms with E-state index in [0.717, 1.165) is 28.8 Å². The van der Waals surface area contributed by atoms with Crippen LogP contribution >= 0.6 is 15.9 Å². The lowest BCUT2D eigenvalue weighted by molar-refractivity contribution is 0.538. The molecule has 2 nitrogen and oxygen atoms in total. The van der Waals surface area contributed by atoms with Gasteiger partial charge >= 0.3 is 0 Å². The van der Waals surface area contributed by atoms with Crippen molar-refractivity contribution < 1.29 is 4.39 Å². The van der Waals surface area contributed by atoms with Gasteiger partial charge in [0.2, 0.25) is 0 Å². The third kappa shape index (κ3) is 3.64. The molecular weight excluding hydrogens is 319 g/mol. The number of nitrogens with one attached hydrogen (secondary N) is 1. The van der Waals surface area contributed by atoms with Crippen molar-refractivity contribution in [2.75, 3.05) is 6.54 Å². The van der Waals surface area contributed by atoms with E-state index in [9.17, 15) is 4.39 Å². The average molecular weight is 337 g/mol. The molecular formula is C16H18BrFN2. The van der Waals surface area contributed by atoms with E-state index in [4.69, 9.17) is 0 Å². The van der Waals surface area contributed by atoms with Gasteiger partial charge in [-0.05, 0) is 50.2 Å². The summed E-state index contributed by atoms with van der Waals surface area (Å²) in [5.41, 5.74) is 2.39. The topological polar surface area (TPSA) is 24.9 Å². The Balaban J connectivity index is 2.44. The van der Waals surface area contributed by atoms with Crippen LogP contribution in [0, 0.1) is 12.7 Å². The molecule has 0 bridgehead atoms. The van der Waals surface area contributed by atoms with E-state index in [-0.39, 0.29) is 11.9 Å². The predicted molar refractivity (Wildman–Crippen MR) is 83.2 cm³/mol. The maximum absolute atomic E-state index is 14.1. The largest absolute Gasteiger partial charge is 0.305 e. The highest BCUT2D eigenvalue weighted by atomic mass is 79.9. The summed E-state index contributed by atoms with van der Waals surface area (Å²) >= 11 is 3.40. The molecule has 1 unspecified atom stereocenters. The molecule has 0 spiro atoms. The zero-order valence-corrected chi connectivity index (χ0v) is 13.2. The van der Waals surface area contributed by atoms with Crippen LogP contribution in [-0.4, -0.2) is 11.5 Å². The van der Waals surface area contributed by atoms with Gasteiger partial charge in [0.05, 0.1) is 11.7 Å². The second-order valence-corrected chi connectivity index (χ2v) is 5.67. The van der Waals surface area contributed by atoms with Gasteiger partial charge in [0.1, 0.15) is 5.82 Å². The number of hydrogen-bond donors (Lipinski definition) is 1. The molecule has 0 saturated carbocycles. The highest BCUT2D eigenvalue weighted by molar-refractivity contribution is 9.10. The van der Waals surface area contributed by atoms with Gasteiger partial charge in [-0.15, -0.1) is 0 Å². The minimum Gasteiger partial charge on any atom is -0.305 e. The quantitative estimate of drug-likeness (QED) is 0.876. The first-order chi connectivity index (χ1) is 9.61. The molecule has 4 heteroatoms. The Labute approximate surface area is 127 Å². The molecule has 1 N–H and O–H groups in total. The number of rotatable bonds is 5. The van der Waals surface area contributed by atoms with Crippen molar-refractivity contribution in [3.05, 3.63) is 63.6 Å². The molecule has 1 aromatic carbocycles. The Bertz CT molecular complexity index is 586. The summed E-state index contributed by atoms with van der Waals surface area (Å²) in [7, 11) is 0. The van der Waals surface area contributed by atoms with E-state index >= 15 is 0 Å². The van der Waals surface area contributed by atoms with Crippen molar-refractivity contribution in [3.63, 3.8) is 0 Å². The Hall–Kier alpha value is -1.26. The standard InChI is InChI=1S/C16H18BrFN2/c1-3-9-19-16(15-6-4-5-11(2)20-15)13-10-12(17)7-8-14(13)18/h4-8,10,16,19H,3,9H2,1-2H3. The molecule has 0 aliphatic rings. The van der Waals surface area contributed by atoms with E-state index in [1.165, 1.54) is 6.07 Å². The Morgan fingerprint density at radius 1 is 1.30 bits per heavy atom. The zero-order valence-electron chi connectivity index (χ0n) is 11.7. The first-order valence-electron chi connectivity index (χ1n) is 6.73. The van der Waals surface area contributed by atoms with Crippen LogP contribution in [0.4, 0.5) is 4.39 Å². The normalized spacial score (nSPS) is 12.4. The number of pyridine rings is 1. The summed E-state index contributed by atoms with van der Waals surface area (Å²) in [6.45, 7) is 4.84. The fourth-order valence-corrected chi connectivity index (χ4v) is 2.50. The molecule has 1 aromatic heterocycles. The van der Waals surface area contributed by atoms with Crippen molar-refractivity contribution in [2.24, 2.45) is 0 Å². The van der Waals surface area contributed by atoms with Crippen LogP contribution in [0.5, 0.6) is 0 Å². The van der Waals surface area contributed by atoms with Crippen LogP contribution in [0.1, 0.15) is 36.3 Å². The summed E-state index contributed by atoms with van der Waals surface area (Å²) in [6.07, 6.45) is 0.984. The summed E-state index contributed by atoms with van der Waals surface area (Å²) in [6, 6.07) is 10.6. The molecule has 0 fully saturated rings. The zero-order chi connectivity index (χ0) is 14.5. The third-order valence-electron chi connectivity index (χ3n) is 3.07. The van der Waals surface area contributed by atoms with E-state index in [2.05, 4.69) is 33.2 Å². The summed E-state index contributed by atoms with van der Waals surface area (Å²) in [5.74, 6) is -0.217. The van der Waals surface area contributed by atoms with Crippen LogP contribution in [0.2, 0.25) is 0 Å². The van der Waals surface area contributed by atoms with Gasteiger partial charge in [0.25, 0.3) is 0 Å². The van der Waals surface area contributed by atoms with E-state index < -0.39 is 0 Å². The van der Waals surface area contributed by atoms with E-state index in [1.807, 2.05) is 31.2 Å². The Kier molecular flexibility index (Phi) is 5.26. The highest BCUT2D eigenvalue weighted by Crippen LogP contribution is 2.26. The molecule has 1 atom stereocenters. The average Bonchev–Trinajstić information content (AvgIpc) is 2.43. The number of halogens is 2. The van der Waals surface area contributed by atoms with Crippen molar-refractivity contribution in [3.8, 4) is 0 Å². The second-order valence-electron chi connectivity index (χ2n) is 4.76. The van der Waals surface area contributed by atoms with Crippen molar-refractivity contribution in [1.82, 2.24) is 10.3 Å². The minimum atomic E-state index is -0.229. The molecule has 2 rings (SSSR count). The summed E-state index contributed by atoms with van der Waals surface area (Å²) in [4.78, 5) is 4.53. The molecule has 0 aliphatic heterocycles. The molecule has 0 radical (unpaired) electrons. The van der Waals surface area contributed by atoms with E-state index in [1.54, 1.807) is 6.07 Å². The van der Waals surface area contributed by atoms with Gasteiger partial charge < -0.3 is 5.32 Å². The van der Waals surface area contributed by atoms with Crippen LogP contribution in [0.15, 0.2) is 40.9 Å². The van der Waals surface area contributed by atoms with Gasteiger partial charge in [0.15, 0.2) is 0 Å². The van der Waals surface area contributed by atoms with Gasteiger partial charge in [-0.2, -0.15) is 0 Å².